The Balaban J connectivity index is 1.82. The highest BCUT2D eigenvalue weighted by molar-refractivity contribution is 7.10. The zero-order valence-electron chi connectivity index (χ0n) is 13.2. The summed E-state index contributed by atoms with van der Waals surface area (Å²) < 4.78 is 0. The molecule has 7 heteroatoms. The highest BCUT2D eigenvalue weighted by atomic mass is 35.5. The highest BCUT2D eigenvalue weighted by Gasteiger charge is 2.24. The molecule has 0 fully saturated rings. The zero-order chi connectivity index (χ0) is 17.8. The van der Waals surface area contributed by atoms with Gasteiger partial charge in [-0.1, -0.05) is 41.4 Å². The molecule has 0 aliphatic carbocycles. The van der Waals surface area contributed by atoms with Gasteiger partial charge in [-0.15, -0.1) is 11.3 Å². The van der Waals surface area contributed by atoms with E-state index in [0.717, 1.165) is 16.8 Å². The number of amides is 1. The van der Waals surface area contributed by atoms with Crippen LogP contribution in [0.4, 0.5) is 5.69 Å². The van der Waals surface area contributed by atoms with Gasteiger partial charge in [-0.05, 0) is 19.1 Å². The normalized spacial score (nSPS) is 11.6. The SMILES string of the molecule is Cc1ccc(-c2csc([C@H](C#N)C(=O)Nc3cccnc3Cl)n2)cc1. The molecule has 1 atom stereocenters. The lowest BCUT2D eigenvalue weighted by Gasteiger charge is -2.08. The summed E-state index contributed by atoms with van der Waals surface area (Å²) in [6.07, 6.45) is 1.52. The summed E-state index contributed by atoms with van der Waals surface area (Å²) >= 11 is 7.22. The molecule has 0 spiro atoms. The van der Waals surface area contributed by atoms with Crippen molar-refractivity contribution in [1.29, 1.82) is 5.26 Å². The van der Waals surface area contributed by atoms with Crippen molar-refractivity contribution in [2.45, 2.75) is 12.8 Å². The number of rotatable bonds is 4. The van der Waals surface area contributed by atoms with Gasteiger partial charge in [-0.25, -0.2) is 9.97 Å². The van der Waals surface area contributed by atoms with Crippen LogP contribution < -0.4 is 5.32 Å². The zero-order valence-corrected chi connectivity index (χ0v) is 14.8. The lowest BCUT2D eigenvalue weighted by atomic mass is 10.1. The van der Waals surface area contributed by atoms with Crippen LogP contribution in [0.25, 0.3) is 11.3 Å². The molecule has 1 amide bonds. The molecule has 2 heterocycles. The second-order valence-corrected chi connectivity index (χ2v) is 6.58. The summed E-state index contributed by atoms with van der Waals surface area (Å²) in [5, 5.41) is 14.5. The molecule has 0 aliphatic heterocycles. The van der Waals surface area contributed by atoms with Crippen LogP contribution in [0.2, 0.25) is 5.15 Å². The fraction of sp³-hybridized carbons (Fsp3) is 0.111. The maximum Gasteiger partial charge on any atom is 0.248 e. The number of nitrogens with one attached hydrogen (secondary N) is 1. The number of anilines is 1. The Kier molecular flexibility index (Phi) is 5.08. The second kappa shape index (κ2) is 7.43. The van der Waals surface area contributed by atoms with Gasteiger partial charge in [0.15, 0.2) is 11.1 Å². The van der Waals surface area contributed by atoms with Crippen LogP contribution in [0.1, 0.15) is 16.5 Å². The first-order valence-electron chi connectivity index (χ1n) is 7.42. The van der Waals surface area contributed by atoms with Crippen molar-refractivity contribution < 1.29 is 4.79 Å². The van der Waals surface area contributed by atoms with E-state index < -0.39 is 11.8 Å². The molecule has 2 aromatic heterocycles. The van der Waals surface area contributed by atoms with Crippen LogP contribution in [-0.4, -0.2) is 15.9 Å². The van der Waals surface area contributed by atoms with Crippen LogP contribution >= 0.6 is 22.9 Å². The monoisotopic (exact) mass is 368 g/mol. The number of halogens is 1. The van der Waals surface area contributed by atoms with Crippen molar-refractivity contribution in [3.8, 4) is 17.3 Å². The largest absolute Gasteiger partial charge is 0.322 e. The molecule has 124 valence electrons. The lowest BCUT2D eigenvalue weighted by Crippen LogP contribution is -2.20. The molecule has 0 saturated carbocycles. The molecule has 3 rings (SSSR count). The molecule has 0 unspecified atom stereocenters. The maximum absolute atomic E-state index is 12.4. The van der Waals surface area contributed by atoms with Crippen molar-refractivity contribution >= 4 is 34.5 Å². The summed E-state index contributed by atoms with van der Waals surface area (Å²) in [5.74, 6) is -1.50. The molecule has 0 saturated heterocycles. The molecular weight excluding hydrogens is 356 g/mol. The minimum atomic E-state index is -1.01. The standard InChI is InChI=1S/C18H13ClN4OS/c1-11-4-6-12(7-5-11)15-10-25-18(23-15)13(9-20)17(24)22-14-3-2-8-21-16(14)19/h2-8,10,13H,1H3,(H,22,24)/t13-/m1/s1. The van der Waals surface area contributed by atoms with Gasteiger partial charge in [0.2, 0.25) is 5.91 Å². The topological polar surface area (TPSA) is 78.7 Å². The number of aryl methyl sites for hydroxylation is 1. The molecule has 1 N–H and O–H groups in total. The van der Waals surface area contributed by atoms with Crippen LogP contribution in [0, 0.1) is 18.3 Å². The molecule has 1 aromatic carbocycles. The quantitative estimate of drug-likeness (QED) is 0.691. The Morgan fingerprint density at radius 2 is 2.08 bits per heavy atom. The molecular formula is C18H13ClN4OS. The average molecular weight is 369 g/mol. The van der Waals surface area contributed by atoms with E-state index in [9.17, 15) is 10.1 Å². The number of carbonyl (C=O) groups is 1. The van der Waals surface area contributed by atoms with E-state index in [0.29, 0.717) is 10.7 Å². The predicted molar refractivity (Wildman–Crippen MR) is 98.5 cm³/mol. The fourth-order valence-corrected chi connectivity index (χ4v) is 3.22. The van der Waals surface area contributed by atoms with Crippen molar-refractivity contribution in [3.63, 3.8) is 0 Å². The average Bonchev–Trinajstić information content (AvgIpc) is 3.08. The smallest absolute Gasteiger partial charge is 0.248 e. The maximum atomic E-state index is 12.4. The van der Waals surface area contributed by atoms with Gasteiger partial charge in [0, 0.05) is 17.1 Å². The number of hydrogen-bond donors (Lipinski definition) is 1. The number of thiazole rings is 1. The van der Waals surface area contributed by atoms with Crippen molar-refractivity contribution in [2.24, 2.45) is 0 Å². The number of aromatic nitrogens is 2. The third kappa shape index (κ3) is 3.85. The fourth-order valence-electron chi connectivity index (χ4n) is 2.19. The third-order valence-corrected chi connectivity index (χ3v) is 4.74. The predicted octanol–water partition coefficient (Wildman–Crippen LogP) is 4.41. The number of hydrogen-bond acceptors (Lipinski definition) is 5. The van der Waals surface area contributed by atoms with E-state index in [4.69, 9.17) is 11.6 Å². The van der Waals surface area contributed by atoms with Gasteiger partial charge in [-0.3, -0.25) is 4.79 Å². The first-order chi connectivity index (χ1) is 12.1. The Morgan fingerprint density at radius 3 is 2.76 bits per heavy atom. The van der Waals surface area contributed by atoms with Gasteiger partial charge >= 0.3 is 0 Å². The lowest BCUT2D eigenvalue weighted by molar-refractivity contribution is -0.116. The first kappa shape index (κ1) is 17.1. The van der Waals surface area contributed by atoms with Gasteiger partial charge in [0.1, 0.15) is 5.01 Å². The molecule has 3 aromatic rings. The number of pyridine rings is 1. The Morgan fingerprint density at radius 1 is 1.32 bits per heavy atom. The Labute approximate surface area is 153 Å². The minimum Gasteiger partial charge on any atom is -0.322 e. The van der Waals surface area contributed by atoms with E-state index >= 15 is 0 Å². The molecule has 5 nitrogen and oxygen atoms in total. The number of carbonyl (C=O) groups excluding carboxylic acids is 1. The van der Waals surface area contributed by atoms with Crippen molar-refractivity contribution in [3.05, 3.63) is 63.7 Å². The second-order valence-electron chi connectivity index (χ2n) is 5.33. The minimum absolute atomic E-state index is 0.173. The number of nitriles is 1. The Hall–Kier alpha value is -2.75. The number of nitrogens with zero attached hydrogens (tertiary/aromatic N) is 3. The van der Waals surface area contributed by atoms with E-state index in [1.54, 1.807) is 12.1 Å². The van der Waals surface area contributed by atoms with Crippen LogP contribution in [0.5, 0.6) is 0 Å². The summed E-state index contributed by atoms with van der Waals surface area (Å²) in [5.41, 5.74) is 3.21. The van der Waals surface area contributed by atoms with Crippen LogP contribution in [0.3, 0.4) is 0 Å². The van der Waals surface area contributed by atoms with E-state index in [1.807, 2.05) is 42.6 Å². The first-order valence-corrected chi connectivity index (χ1v) is 8.67. The molecule has 0 aliphatic rings. The molecule has 0 bridgehead atoms. The molecule has 0 radical (unpaired) electrons. The Bertz CT molecular complexity index is 946. The van der Waals surface area contributed by atoms with Crippen LogP contribution in [-0.2, 0) is 4.79 Å². The van der Waals surface area contributed by atoms with Gasteiger partial charge in [0.05, 0.1) is 17.5 Å². The molecule has 25 heavy (non-hydrogen) atoms. The summed E-state index contributed by atoms with van der Waals surface area (Å²) in [6.45, 7) is 2.01. The van der Waals surface area contributed by atoms with E-state index in [2.05, 4.69) is 15.3 Å². The summed E-state index contributed by atoms with van der Waals surface area (Å²) in [7, 11) is 0. The van der Waals surface area contributed by atoms with Crippen molar-refractivity contribution in [1.82, 2.24) is 9.97 Å². The summed E-state index contributed by atoms with van der Waals surface area (Å²) in [4.78, 5) is 20.8. The van der Waals surface area contributed by atoms with E-state index in [1.165, 1.54) is 17.5 Å². The highest BCUT2D eigenvalue weighted by Crippen LogP contribution is 2.28. The van der Waals surface area contributed by atoms with Gasteiger partial charge in [0.25, 0.3) is 0 Å². The number of benzene rings is 1. The summed E-state index contributed by atoms with van der Waals surface area (Å²) in [6, 6.07) is 13.2. The van der Waals surface area contributed by atoms with Gasteiger partial charge in [-0.2, -0.15) is 5.26 Å². The third-order valence-electron chi connectivity index (χ3n) is 3.52. The van der Waals surface area contributed by atoms with Crippen molar-refractivity contribution in [2.75, 3.05) is 5.32 Å². The van der Waals surface area contributed by atoms with Gasteiger partial charge < -0.3 is 5.32 Å². The van der Waals surface area contributed by atoms with E-state index in [-0.39, 0.29) is 5.15 Å². The van der Waals surface area contributed by atoms with Crippen LogP contribution in [0.15, 0.2) is 48.0 Å².